The predicted molar refractivity (Wildman–Crippen MR) is 76.0 cm³/mol. The van der Waals surface area contributed by atoms with E-state index < -0.39 is 6.10 Å². The molecule has 1 aromatic heterocycles. The van der Waals surface area contributed by atoms with Gasteiger partial charge in [0, 0.05) is 6.42 Å². The lowest BCUT2D eigenvalue weighted by molar-refractivity contribution is 0.178. The highest BCUT2D eigenvalue weighted by Crippen LogP contribution is 2.33. The van der Waals surface area contributed by atoms with E-state index >= 15 is 0 Å². The van der Waals surface area contributed by atoms with Crippen molar-refractivity contribution >= 4 is 34.5 Å². The molecule has 0 aliphatic carbocycles. The molecule has 96 valence electrons. The maximum atomic E-state index is 10.2. The van der Waals surface area contributed by atoms with E-state index in [0.717, 1.165) is 10.4 Å². The van der Waals surface area contributed by atoms with Crippen molar-refractivity contribution in [3.05, 3.63) is 50.1 Å². The first-order valence-electron chi connectivity index (χ1n) is 5.35. The van der Waals surface area contributed by atoms with Crippen LogP contribution in [0.15, 0.2) is 29.6 Å². The predicted octanol–water partition coefficient (Wildman–Crippen LogP) is 4.34. The Morgan fingerprint density at radius 3 is 2.72 bits per heavy atom. The summed E-state index contributed by atoms with van der Waals surface area (Å²) in [4.78, 5) is 0.823. The van der Waals surface area contributed by atoms with E-state index in [-0.39, 0.29) is 0 Å². The zero-order chi connectivity index (χ0) is 13.1. The second-order valence-electron chi connectivity index (χ2n) is 3.82. The molecule has 0 aliphatic heterocycles. The van der Waals surface area contributed by atoms with Crippen LogP contribution < -0.4 is 4.74 Å². The molecule has 1 unspecified atom stereocenters. The van der Waals surface area contributed by atoms with Crippen molar-refractivity contribution in [1.82, 2.24) is 0 Å². The van der Waals surface area contributed by atoms with Crippen LogP contribution in [0.3, 0.4) is 0 Å². The zero-order valence-electron chi connectivity index (χ0n) is 9.69. The Labute approximate surface area is 120 Å². The summed E-state index contributed by atoms with van der Waals surface area (Å²) in [6.45, 7) is 0. The van der Waals surface area contributed by atoms with Gasteiger partial charge in [-0.05, 0) is 29.1 Å². The van der Waals surface area contributed by atoms with Gasteiger partial charge in [-0.15, -0.1) is 11.3 Å². The first-order valence-corrected chi connectivity index (χ1v) is 6.98. The lowest BCUT2D eigenvalue weighted by Crippen LogP contribution is -2.01. The van der Waals surface area contributed by atoms with Crippen molar-refractivity contribution in [2.75, 3.05) is 7.11 Å². The van der Waals surface area contributed by atoms with E-state index in [2.05, 4.69) is 0 Å². The summed E-state index contributed by atoms with van der Waals surface area (Å²) < 4.78 is 5.19. The molecule has 5 heteroatoms. The molecule has 0 fully saturated rings. The topological polar surface area (TPSA) is 29.5 Å². The van der Waals surface area contributed by atoms with Gasteiger partial charge in [0.25, 0.3) is 0 Å². The lowest BCUT2D eigenvalue weighted by atomic mass is 10.1. The van der Waals surface area contributed by atoms with Gasteiger partial charge in [-0.3, -0.25) is 0 Å². The minimum Gasteiger partial charge on any atom is -0.495 e. The molecule has 0 amide bonds. The Bertz CT molecular complexity index is 540. The SMILES string of the molecule is COc1ccsc1C(O)Cc1ccc(Cl)c(Cl)c1. The summed E-state index contributed by atoms with van der Waals surface area (Å²) in [6.07, 6.45) is -0.120. The largest absolute Gasteiger partial charge is 0.495 e. The molecule has 0 saturated heterocycles. The third kappa shape index (κ3) is 2.98. The summed E-state index contributed by atoms with van der Waals surface area (Å²) in [5.41, 5.74) is 0.937. The smallest absolute Gasteiger partial charge is 0.135 e. The Balaban J connectivity index is 2.16. The van der Waals surface area contributed by atoms with Gasteiger partial charge in [-0.25, -0.2) is 0 Å². The second kappa shape index (κ2) is 5.93. The third-order valence-corrected chi connectivity index (χ3v) is 4.33. The fourth-order valence-electron chi connectivity index (χ4n) is 1.70. The minimum absolute atomic E-state index is 0.480. The number of aliphatic hydroxyl groups excluding tert-OH is 1. The summed E-state index contributed by atoms with van der Waals surface area (Å²) in [5, 5.41) is 13.1. The standard InChI is InChI=1S/C13H12Cl2O2S/c1-17-12-4-5-18-13(12)11(16)7-8-2-3-9(14)10(15)6-8/h2-6,11,16H,7H2,1H3. The van der Waals surface area contributed by atoms with Crippen LogP contribution in [0.25, 0.3) is 0 Å². The molecule has 1 atom stereocenters. The molecule has 1 aromatic carbocycles. The fraction of sp³-hybridized carbons (Fsp3) is 0.231. The maximum Gasteiger partial charge on any atom is 0.135 e. The van der Waals surface area contributed by atoms with Gasteiger partial charge in [0.05, 0.1) is 28.1 Å². The number of aliphatic hydroxyl groups is 1. The molecule has 0 bridgehead atoms. The number of halogens is 2. The Kier molecular flexibility index (Phi) is 4.51. The summed E-state index contributed by atoms with van der Waals surface area (Å²) in [6, 6.07) is 7.21. The second-order valence-corrected chi connectivity index (χ2v) is 5.58. The van der Waals surface area contributed by atoms with E-state index in [1.807, 2.05) is 17.5 Å². The van der Waals surface area contributed by atoms with E-state index in [9.17, 15) is 5.11 Å². The Morgan fingerprint density at radius 1 is 1.28 bits per heavy atom. The fourth-order valence-corrected chi connectivity index (χ4v) is 2.87. The number of hydrogen-bond acceptors (Lipinski definition) is 3. The normalized spacial score (nSPS) is 12.4. The van der Waals surface area contributed by atoms with Crippen LogP contribution in [0, 0.1) is 0 Å². The molecule has 2 rings (SSSR count). The number of ether oxygens (including phenoxy) is 1. The van der Waals surface area contributed by atoms with Crippen LogP contribution in [0.4, 0.5) is 0 Å². The van der Waals surface area contributed by atoms with Gasteiger partial charge in [0.2, 0.25) is 0 Å². The quantitative estimate of drug-likeness (QED) is 0.910. The van der Waals surface area contributed by atoms with Gasteiger partial charge in [0.1, 0.15) is 5.75 Å². The first kappa shape index (κ1) is 13.7. The summed E-state index contributed by atoms with van der Waals surface area (Å²) in [5.74, 6) is 0.715. The number of methoxy groups -OCH3 is 1. The van der Waals surface area contributed by atoms with Crippen molar-refractivity contribution in [1.29, 1.82) is 0 Å². The van der Waals surface area contributed by atoms with Crippen molar-refractivity contribution < 1.29 is 9.84 Å². The van der Waals surface area contributed by atoms with Gasteiger partial charge in [-0.2, -0.15) is 0 Å². The maximum absolute atomic E-state index is 10.2. The van der Waals surface area contributed by atoms with Crippen molar-refractivity contribution in [2.45, 2.75) is 12.5 Å². The highest BCUT2D eigenvalue weighted by Gasteiger charge is 2.15. The summed E-state index contributed by atoms with van der Waals surface area (Å²) >= 11 is 13.3. The number of benzene rings is 1. The van der Waals surface area contributed by atoms with Crippen LogP contribution in [-0.2, 0) is 6.42 Å². The van der Waals surface area contributed by atoms with E-state index in [1.165, 1.54) is 11.3 Å². The van der Waals surface area contributed by atoms with Gasteiger partial charge < -0.3 is 9.84 Å². The molecule has 2 aromatic rings. The highest BCUT2D eigenvalue weighted by molar-refractivity contribution is 7.10. The lowest BCUT2D eigenvalue weighted by Gasteiger charge is -2.11. The Morgan fingerprint density at radius 2 is 2.06 bits per heavy atom. The van der Waals surface area contributed by atoms with Gasteiger partial charge >= 0.3 is 0 Å². The molecular weight excluding hydrogens is 291 g/mol. The van der Waals surface area contributed by atoms with E-state index in [0.29, 0.717) is 22.2 Å². The van der Waals surface area contributed by atoms with Crippen molar-refractivity contribution in [3.8, 4) is 5.75 Å². The molecule has 0 aliphatic rings. The van der Waals surface area contributed by atoms with Gasteiger partial charge in [0.15, 0.2) is 0 Å². The van der Waals surface area contributed by atoms with Crippen LogP contribution in [0.5, 0.6) is 5.75 Å². The van der Waals surface area contributed by atoms with E-state index in [4.69, 9.17) is 27.9 Å². The van der Waals surface area contributed by atoms with Crippen LogP contribution in [0.2, 0.25) is 10.0 Å². The van der Waals surface area contributed by atoms with Crippen molar-refractivity contribution in [2.24, 2.45) is 0 Å². The molecule has 0 saturated carbocycles. The van der Waals surface area contributed by atoms with Gasteiger partial charge in [-0.1, -0.05) is 29.3 Å². The molecule has 0 radical (unpaired) electrons. The molecule has 1 heterocycles. The Hall–Kier alpha value is -0.740. The minimum atomic E-state index is -0.600. The molecule has 1 N–H and O–H groups in total. The highest BCUT2D eigenvalue weighted by atomic mass is 35.5. The average Bonchev–Trinajstić information content (AvgIpc) is 2.82. The zero-order valence-corrected chi connectivity index (χ0v) is 12.0. The van der Waals surface area contributed by atoms with Crippen LogP contribution in [-0.4, -0.2) is 12.2 Å². The monoisotopic (exact) mass is 302 g/mol. The third-order valence-electron chi connectivity index (χ3n) is 2.59. The number of rotatable bonds is 4. The first-order chi connectivity index (χ1) is 8.61. The number of thiophene rings is 1. The van der Waals surface area contributed by atoms with E-state index in [1.54, 1.807) is 19.2 Å². The molecular formula is C13H12Cl2O2S. The van der Waals surface area contributed by atoms with Crippen LogP contribution in [0.1, 0.15) is 16.5 Å². The molecule has 0 spiro atoms. The van der Waals surface area contributed by atoms with Crippen LogP contribution >= 0.6 is 34.5 Å². The average molecular weight is 303 g/mol. The summed E-state index contributed by atoms with van der Waals surface area (Å²) in [7, 11) is 1.59. The van der Waals surface area contributed by atoms with Crippen molar-refractivity contribution in [3.63, 3.8) is 0 Å². The molecule has 2 nitrogen and oxygen atoms in total. The molecule has 18 heavy (non-hydrogen) atoms. The number of hydrogen-bond donors (Lipinski definition) is 1.